The van der Waals surface area contributed by atoms with Gasteiger partial charge in [0.1, 0.15) is 5.60 Å². The molecule has 1 aliphatic carbocycles. The highest BCUT2D eigenvalue weighted by Crippen LogP contribution is 2.46. The number of carbonyl (C=O) groups is 2. The van der Waals surface area contributed by atoms with Gasteiger partial charge < -0.3 is 14.5 Å². The van der Waals surface area contributed by atoms with Crippen LogP contribution in [0.15, 0.2) is 48.5 Å². The zero-order valence-corrected chi connectivity index (χ0v) is 15.4. The Hall–Kier alpha value is -2.82. The number of carbonyl (C=O) groups excluding carboxylic acids is 2. The maximum atomic E-state index is 13.6. The fraction of sp³-hybridized carbons (Fsp3) is 0.364. The topological polar surface area (TPSA) is 49.9 Å². The molecule has 2 heterocycles. The van der Waals surface area contributed by atoms with E-state index in [-0.39, 0.29) is 17.9 Å². The summed E-state index contributed by atoms with van der Waals surface area (Å²) in [6, 6.07) is 16.3. The van der Waals surface area contributed by atoms with E-state index in [4.69, 9.17) is 4.74 Å². The molecule has 0 aromatic heterocycles. The van der Waals surface area contributed by atoms with Gasteiger partial charge in [-0.05, 0) is 35.1 Å². The van der Waals surface area contributed by atoms with Gasteiger partial charge in [-0.1, -0.05) is 48.5 Å². The number of amides is 2. The first kappa shape index (κ1) is 16.4. The Balaban J connectivity index is 1.48. The first-order valence-corrected chi connectivity index (χ1v) is 9.49. The van der Waals surface area contributed by atoms with Gasteiger partial charge in [-0.25, -0.2) is 4.79 Å². The van der Waals surface area contributed by atoms with Crippen molar-refractivity contribution in [1.82, 2.24) is 9.80 Å². The first-order chi connectivity index (χ1) is 13.1. The van der Waals surface area contributed by atoms with Crippen LogP contribution in [0, 0.1) is 0 Å². The van der Waals surface area contributed by atoms with Crippen LogP contribution in [0.4, 0.5) is 4.79 Å². The van der Waals surface area contributed by atoms with Crippen molar-refractivity contribution in [3.63, 3.8) is 0 Å². The lowest BCUT2D eigenvalue weighted by atomic mass is 9.89. The Labute approximate surface area is 158 Å². The van der Waals surface area contributed by atoms with Crippen LogP contribution >= 0.6 is 0 Å². The summed E-state index contributed by atoms with van der Waals surface area (Å²) in [6.45, 7) is 1.74. The molecular formula is C22H22N2O3. The van der Waals surface area contributed by atoms with Gasteiger partial charge >= 0.3 is 6.09 Å². The predicted octanol–water partition coefficient (Wildman–Crippen LogP) is 3.24. The number of likely N-dealkylation sites (tertiary alicyclic amines) is 1. The molecule has 0 saturated carbocycles. The fourth-order valence-corrected chi connectivity index (χ4v) is 4.89. The average Bonchev–Trinajstić information content (AvgIpc) is 3.15. The summed E-state index contributed by atoms with van der Waals surface area (Å²) in [5.41, 5.74) is 3.88. The van der Waals surface area contributed by atoms with E-state index in [9.17, 15) is 9.59 Å². The molecule has 3 aliphatic rings. The Morgan fingerprint density at radius 2 is 1.67 bits per heavy atom. The molecule has 2 amide bonds. The smallest absolute Gasteiger partial charge is 0.410 e. The van der Waals surface area contributed by atoms with Gasteiger partial charge in [0, 0.05) is 13.6 Å². The van der Waals surface area contributed by atoms with Crippen LogP contribution in [0.1, 0.15) is 29.9 Å². The Morgan fingerprint density at radius 1 is 1.04 bits per heavy atom. The summed E-state index contributed by atoms with van der Waals surface area (Å²) in [5, 5.41) is 0. The number of ether oxygens (including phenoxy) is 1. The summed E-state index contributed by atoms with van der Waals surface area (Å²) in [6.07, 6.45) is 1.37. The van der Waals surface area contributed by atoms with Crippen molar-refractivity contribution in [2.75, 3.05) is 26.7 Å². The number of benzene rings is 2. The summed E-state index contributed by atoms with van der Waals surface area (Å²) in [4.78, 5) is 29.0. The predicted molar refractivity (Wildman–Crippen MR) is 101 cm³/mol. The van der Waals surface area contributed by atoms with E-state index >= 15 is 0 Å². The number of hydrogen-bond acceptors (Lipinski definition) is 3. The molecule has 0 N–H and O–H groups in total. The van der Waals surface area contributed by atoms with Crippen LogP contribution in [0.2, 0.25) is 0 Å². The third-order valence-electron chi connectivity index (χ3n) is 6.07. The zero-order valence-electron chi connectivity index (χ0n) is 15.4. The highest BCUT2D eigenvalue weighted by molar-refractivity contribution is 5.96. The van der Waals surface area contributed by atoms with E-state index in [0.717, 1.165) is 35.1 Å². The number of rotatable bonds is 1. The van der Waals surface area contributed by atoms with E-state index < -0.39 is 5.60 Å². The molecule has 2 aliphatic heterocycles. The van der Waals surface area contributed by atoms with Crippen molar-refractivity contribution in [3.05, 3.63) is 59.7 Å². The normalized spacial score (nSPS) is 24.1. The Morgan fingerprint density at radius 3 is 2.26 bits per heavy atom. The largest absolute Gasteiger partial charge is 0.439 e. The molecule has 2 saturated heterocycles. The lowest BCUT2D eigenvalue weighted by molar-refractivity contribution is -0.137. The molecule has 2 fully saturated rings. The maximum absolute atomic E-state index is 13.6. The van der Waals surface area contributed by atoms with Crippen molar-refractivity contribution in [1.29, 1.82) is 0 Å². The third-order valence-corrected chi connectivity index (χ3v) is 6.07. The standard InChI is InChI=1S/C22H22N2O3/c1-23-13-22(27-21(23)26)11-6-12-24(14-22)20(25)19-17-9-4-2-7-15(17)16-8-3-5-10-18(16)19/h2-5,7-10,19H,6,11-14H2,1H3. The van der Waals surface area contributed by atoms with Crippen LogP contribution in [0.5, 0.6) is 0 Å². The number of hydrogen-bond donors (Lipinski definition) is 0. The maximum Gasteiger partial charge on any atom is 0.410 e. The van der Waals surface area contributed by atoms with Crippen LogP contribution < -0.4 is 0 Å². The lowest BCUT2D eigenvalue weighted by Crippen LogP contribution is -2.53. The van der Waals surface area contributed by atoms with Crippen molar-refractivity contribution in [2.24, 2.45) is 0 Å². The van der Waals surface area contributed by atoms with E-state index in [1.807, 2.05) is 29.2 Å². The molecule has 1 unspecified atom stereocenters. The molecule has 138 valence electrons. The molecule has 5 rings (SSSR count). The second kappa shape index (κ2) is 5.84. The van der Waals surface area contributed by atoms with Crippen molar-refractivity contribution in [3.8, 4) is 11.1 Å². The first-order valence-electron chi connectivity index (χ1n) is 9.49. The van der Waals surface area contributed by atoms with Gasteiger partial charge in [0.05, 0.1) is 19.0 Å². The minimum absolute atomic E-state index is 0.108. The molecular weight excluding hydrogens is 340 g/mol. The highest BCUT2D eigenvalue weighted by atomic mass is 16.6. The number of fused-ring (bicyclic) bond motifs is 3. The molecule has 1 atom stereocenters. The lowest BCUT2D eigenvalue weighted by Gasteiger charge is -2.39. The number of nitrogens with zero attached hydrogens (tertiary/aromatic N) is 2. The van der Waals surface area contributed by atoms with Crippen molar-refractivity contribution in [2.45, 2.75) is 24.4 Å². The number of likely N-dealkylation sites (N-methyl/N-ethyl adjacent to an activating group) is 1. The summed E-state index contributed by atoms with van der Waals surface area (Å²) >= 11 is 0. The second-order valence-corrected chi connectivity index (χ2v) is 7.88. The van der Waals surface area contributed by atoms with Gasteiger partial charge in [0.15, 0.2) is 0 Å². The van der Waals surface area contributed by atoms with Crippen molar-refractivity contribution < 1.29 is 14.3 Å². The van der Waals surface area contributed by atoms with E-state index in [0.29, 0.717) is 19.6 Å². The molecule has 1 spiro atoms. The number of piperidine rings is 1. The molecule has 0 bridgehead atoms. The van der Waals surface area contributed by atoms with Crippen molar-refractivity contribution >= 4 is 12.0 Å². The highest BCUT2D eigenvalue weighted by Gasteiger charge is 2.48. The van der Waals surface area contributed by atoms with Crippen LogP contribution in [-0.2, 0) is 9.53 Å². The van der Waals surface area contributed by atoms with Crippen LogP contribution in [0.25, 0.3) is 11.1 Å². The van der Waals surface area contributed by atoms with E-state index in [1.165, 1.54) is 0 Å². The monoisotopic (exact) mass is 362 g/mol. The quantitative estimate of drug-likeness (QED) is 0.783. The molecule has 2 aromatic carbocycles. The second-order valence-electron chi connectivity index (χ2n) is 7.88. The Kier molecular flexibility index (Phi) is 3.54. The minimum Gasteiger partial charge on any atom is -0.439 e. The van der Waals surface area contributed by atoms with Gasteiger partial charge in [0.25, 0.3) is 0 Å². The molecule has 5 heteroatoms. The van der Waals surface area contributed by atoms with Crippen LogP contribution in [0.3, 0.4) is 0 Å². The minimum atomic E-state index is -0.558. The van der Waals surface area contributed by atoms with Gasteiger partial charge in [0.2, 0.25) is 5.91 Å². The van der Waals surface area contributed by atoms with Gasteiger partial charge in [-0.3, -0.25) is 4.79 Å². The fourth-order valence-electron chi connectivity index (χ4n) is 4.89. The SMILES string of the molecule is CN1CC2(CCCN(C(=O)C3c4ccccc4-c4ccccc43)C2)OC1=O. The molecule has 5 nitrogen and oxygen atoms in total. The van der Waals surface area contributed by atoms with Gasteiger partial charge in [-0.2, -0.15) is 0 Å². The van der Waals surface area contributed by atoms with Crippen LogP contribution in [-0.4, -0.2) is 54.1 Å². The summed E-state index contributed by atoms with van der Waals surface area (Å²) in [5.74, 6) is -0.167. The van der Waals surface area contributed by atoms with E-state index in [1.54, 1.807) is 11.9 Å². The van der Waals surface area contributed by atoms with Gasteiger partial charge in [-0.15, -0.1) is 0 Å². The molecule has 0 radical (unpaired) electrons. The third kappa shape index (κ3) is 2.45. The summed E-state index contributed by atoms with van der Waals surface area (Å²) < 4.78 is 5.68. The zero-order chi connectivity index (χ0) is 18.6. The Bertz CT molecular complexity index is 895. The average molecular weight is 362 g/mol. The molecule has 27 heavy (non-hydrogen) atoms. The summed E-state index contributed by atoms with van der Waals surface area (Å²) in [7, 11) is 1.75. The van der Waals surface area contributed by atoms with E-state index in [2.05, 4.69) is 24.3 Å². The molecule has 2 aromatic rings.